The molecule has 3 rings (SSSR count). The van der Waals surface area contributed by atoms with E-state index in [0.717, 1.165) is 30.8 Å². The van der Waals surface area contributed by atoms with E-state index in [9.17, 15) is 0 Å². The van der Waals surface area contributed by atoms with Crippen LogP contribution < -0.4 is 5.32 Å². The van der Waals surface area contributed by atoms with Crippen molar-refractivity contribution in [2.45, 2.75) is 32.0 Å². The predicted molar refractivity (Wildman–Crippen MR) is 80.6 cm³/mol. The molecule has 1 aliphatic heterocycles. The topological polar surface area (TPSA) is 39.1 Å². The van der Waals surface area contributed by atoms with E-state index >= 15 is 0 Å². The van der Waals surface area contributed by atoms with Gasteiger partial charge in [0.15, 0.2) is 0 Å². The lowest BCUT2D eigenvalue weighted by atomic mass is 10.2. The molecule has 4 nitrogen and oxygen atoms in total. The number of anilines is 1. The fraction of sp³-hybridized carbons (Fsp3) is 0.400. The second kappa shape index (κ2) is 5.85. The van der Waals surface area contributed by atoms with Crippen molar-refractivity contribution >= 4 is 17.3 Å². The van der Waals surface area contributed by atoms with E-state index in [-0.39, 0.29) is 6.10 Å². The van der Waals surface area contributed by atoms with Gasteiger partial charge in [-0.25, -0.2) is 4.68 Å². The van der Waals surface area contributed by atoms with Crippen molar-refractivity contribution in [3.8, 4) is 5.69 Å². The maximum absolute atomic E-state index is 6.10. The normalized spacial score (nSPS) is 22.1. The van der Waals surface area contributed by atoms with Gasteiger partial charge in [0.1, 0.15) is 0 Å². The summed E-state index contributed by atoms with van der Waals surface area (Å²) in [4.78, 5) is 0. The Morgan fingerprint density at radius 3 is 3.05 bits per heavy atom. The number of hydrogen-bond donors (Lipinski definition) is 1. The second-order valence-corrected chi connectivity index (χ2v) is 5.58. The maximum Gasteiger partial charge on any atom is 0.0877 e. The summed E-state index contributed by atoms with van der Waals surface area (Å²) in [6.07, 6.45) is 6.56. The molecule has 2 heterocycles. The van der Waals surface area contributed by atoms with Crippen molar-refractivity contribution in [3.63, 3.8) is 0 Å². The van der Waals surface area contributed by atoms with Crippen molar-refractivity contribution in [2.24, 2.45) is 0 Å². The Balaban J connectivity index is 1.76. The van der Waals surface area contributed by atoms with E-state index in [1.54, 1.807) is 6.20 Å². The molecule has 1 aromatic carbocycles. The molecule has 2 atom stereocenters. The van der Waals surface area contributed by atoms with Crippen LogP contribution in [0.3, 0.4) is 0 Å². The molecule has 2 aromatic rings. The van der Waals surface area contributed by atoms with E-state index in [1.165, 1.54) is 0 Å². The van der Waals surface area contributed by atoms with Crippen LogP contribution >= 0.6 is 11.6 Å². The molecule has 1 fully saturated rings. The standard InChI is InChI=1S/C15H18ClN3O/c1-11-3-5-13(20-11)10-17-14-9-12(16)4-6-15(14)19-8-2-7-18-19/h2,4,6-9,11,13,17H,3,5,10H2,1H3. The highest BCUT2D eigenvalue weighted by molar-refractivity contribution is 6.31. The molecule has 0 amide bonds. The molecule has 106 valence electrons. The molecule has 1 aliphatic rings. The Morgan fingerprint density at radius 2 is 2.35 bits per heavy atom. The van der Waals surface area contributed by atoms with Crippen LogP contribution in [0.5, 0.6) is 0 Å². The third-order valence-electron chi connectivity index (χ3n) is 3.55. The van der Waals surface area contributed by atoms with Gasteiger partial charge >= 0.3 is 0 Å². The first kappa shape index (κ1) is 13.5. The van der Waals surface area contributed by atoms with Gasteiger partial charge in [0.25, 0.3) is 0 Å². The zero-order valence-electron chi connectivity index (χ0n) is 11.4. The fourth-order valence-electron chi connectivity index (χ4n) is 2.52. The van der Waals surface area contributed by atoms with Gasteiger partial charge in [0.05, 0.1) is 23.6 Å². The summed E-state index contributed by atoms with van der Waals surface area (Å²) in [7, 11) is 0. The molecule has 1 aromatic heterocycles. The minimum absolute atomic E-state index is 0.273. The van der Waals surface area contributed by atoms with Gasteiger partial charge in [0.2, 0.25) is 0 Å². The predicted octanol–water partition coefficient (Wildman–Crippen LogP) is 3.51. The molecule has 2 unspecified atom stereocenters. The Kier molecular flexibility index (Phi) is 3.94. The van der Waals surface area contributed by atoms with Crippen LogP contribution in [-0.4, -0.2) is 28.5 Å². The molecule has 0 aliphatic carbocycles. The van der Waals surface area contributed by atoms with Crippen LogP contribution in [0.4, 0.5) is 5.69 Å². The van der Waals surface area contributed by atoms with Crippen molar-refractivity contribution < 1.29 is 4.74 Å². The monoisotopic (exact) mass is 291 g/mol. The molecular formula is C15H18ClN3O. The Morgan fingerprint density at radius 1 is 1.45 bits per heavy atom. The first-order valence-corrected chi connectivity index (χ1v) is 7.29. The van der Waals surface area contributed by atoms with Crippen LogP contribution in [0.1, 0.15) is 19.8 Å². The highest BCUT2D eigenvalue weighted by Gasteiger charge is 2.21. The summed E-state index contributed by atoms with van der Waals surface area (Å²) < 4.78 is 7.66. The van der Waals surface area contributed by atoms with Gasteiger partial charge in [-0.2, -0.15) is 5.10 Å². The average molecular weight is 292 g/mol. The van der Waals surface area contributed by atoms with Crippen molar-refractivity contribution in [3.05, 3.63) is 41.7 Å². The van der Waals surface area contributed by atoms with Gasteiger partial charge < -0.3 is 10.1 Å². The number of benzene rings is 1. The SMILES string of the molecule is CC1CCC(CNc2cc(Cl)ccc2-n2cccn2)O1. The largest absolute Gasteiger partial charge is 0.381 e. The van der Waals surface area contributed by atoms with E-state index < -0.39 is 0 Å². The Bertz CT molecular complexity index is 571. The number of rotatable bonds is 4. The fourth-order valence-corrected chi connectivity index (χ4v) is 2.69. The quantitative estimate of drug-likeness (QED) is 0.937. The second-order valence-electron chi connectivity index (χ2n) is 5.14. The lowest BCUT2D eigenvalue weighted by Crippen LogP contribution is -2.20. The van der Waals surface area contributed by atoms with Gasteiger partial charge in [-0.1, -0.05) is 11.6 Å². The number of aromatic nitrogens is 2. The van der Waals surface area contributed by atoms with Crippen molar-refractivity contribution in [2.75, 3.05) is 11.9 Å². The van der Waals surface area contributed by atoms with Crippen molar-refractivity contribution in [1.82, 2.24) is 9.78 Å². The van der Waals surface area contributed by atoms with Crippen LogP contribution in [0, 0.1) is 0 Å². The Labute approximate surface area is 123 Å². The number of hydrogen-bond acceptors (Lipinski definition) is 3. The molecule has 0 radical (unpaired) electrons. The molecule has 0 saturated carbocycles. The molecule has 0 spiro atoms. The van der Waals surface area contributed by atoms with Gasteiger partial charge in [-0.05, 0) is 44.0 Å². The first-order chi connectivity index (χ1) is 9.72. The molecular weight excluding hydrogens is 274 g/mol. The first-order valence-electron chi connectivity index (χ1n) is 6.91. The zero-order valence-corrected chi connectivity index (χ0v) is 12.2. The summed E-state index contributed by atoms with van der Waals surface area (Å²) in [6, 6.07) is 7.67. The summed E-state index contributed by atoms with van der Waals surface area (Å²) >= 11 is 6.10. The molecule has 5 heteroatoms. The van der Waals surface area contributed by atoms with E-state index in [1.807, 2.05) is 35.1 Å². The van der Waals surface area contributed by atoms with Crippen LogP contribution in [-0.2, 0) is 4.74 Å². The summed E-state index contributed by atoms with van der Waals surface area (Å²) in [6.45, 7) is 2.91. The Hall–Kier alpha value is -1.52. The minimum atomic E-state index is 0.273. The van der Waals surface area contributed by atoms with E-state index in [0.29, 0.717) is 11.1 Å². The van der Waals surface area contributed by atoms with Gasteiger partial charge in [-0.15, -0.1) is 0 Å². The highest BCUT2D eigenvalue weighted by atomic mass is 35.5. The smallest absolute Gasteiger partial charge is 0.0877 e. The molecule has 20 heavy (non-hydrogen) atoms. The molecule has 0 bridgehead atoms. The van der Waals surface area contributed by atoms with Gasteiger partial charge in [0, 0.05) is 24.0 Å². The number of ether oxygens (including phenoxy) is 1. The minimum Gasteiger partial charge on any atom is -0.381 e. The average Bonchev–Trinajstić information content (AvgIpc) is 3.08. The van der Waals surface area contributed by atoms with Crippen LogP contribution in [0.25, 0.3) is 5.69 Å². The van der Waals surface area contributed by atoms with Crippen molar-refractivity contribution in [1.29, 1.82) is 0 Å². The van der Waals surface area contributed by atoms with Gasteiger partial charge in [-0.3, -0.25) is 0 Å². The van der Waals surface area contributed by atoms with Crippen LogP contribution in [0.15, 0.2) is 36.7 Å². The third kappa shape index (κ3) is 2.97. The summed E-state index contributed by atoms with van der Waals surface area (Å²) in [5.41, 5.74) is 1.97. The summed E-state index contributed by atoms with van der Waals surface area (Å²) in [5, 5.41) is 8.42. The number of nitrogens with one attached hydrogen (secondary N) is 1. The summed E-state index contributed by atoms with van der Waals surface area (Å²) in [5.74, 6) is 0. The zero-order chi connectivity index (χ0) is 13.9. The third-order valence-corrected chi connectivity index (χ3v) is 3.79. The maximum atomic E-state index is 6.10. The molecule has 1 saturated heterocycles. The number of halogens is 1. The highest BCUT2D eigenvalue weighted by Crippen LogP contribution is 2.25. The number of nitrogens with zero attached hydrogens (tertiary/aromatic N) is 2. The van der Waals surface area contributed by atoms with E-state index in [4.69, 9.17) is 16.3 Å². The van der Waals surface area contributed by atoms with E-state index in [2.05, 4.69) is 17.3 Å². The lowest BCUT2D eigenvalue weighted by Gasteiger charge is -2.16. The lowest BCUT2D eigenvalue weighted by molar-refractivity contribution is 0.0637. The van der Waals surface area contributed by atoms with Crippen LogP contribution in [0.2, 0.25) is 5.02 Å². The molecule has 1 N–H and O–H groups in total.